The second kappa shape index (κ2) is 6.11. The van der Waals surface area contributed by atoms with Crippen molar-refractivity contribution < 1.29 is 14.3 Å². The second-order valence-electron chi connectivity index (χ2n) is 5.96. The smallest absolute Gasteiger partial charge is 0.410 e. The van der Waals surface area contributed by atoms with Gasteiger partial charge in [0.25, 0.3) is 0 Å². The lowest BCUT2D eigenvalue weighted by molar-refractivity contribution is 0.0187. The standard InChI is InChI=1S/C15H22N2O3/c1-15(2,3)20-14(18)17-10-4-5-12(17)11-19-13-6-8-16-9-7-13/h6-9,12H,4-5,10-11H2,1-3H3. The first kappa shape index (κ1) is 14.6. The van der Waals surface area contributed by atoms with Gasteiger partial charge in [-0.05, 0) is 45.7 Å². The van der Waals surface area contributed by atoms with Gasteiger partial charge in [-0.2, -0.15) is 0 Å². The minimum Gasteiger partial charge on any atom is -0.491 e. The van der Waals surface area contributed by atoms with Crippen LogP contribution in [-0.2, 0) is 4.74 Å². The van der Waals surface area contributed by atoms with Crippen LogP contribution >= 0.6 is 0 Å². The third-order valence-corrected chi connectivity index (χ3v) is 3.10. The summed E-state index contributed by atoms with van der Waals surface area (Å²) in [4.78, 5) is 17.8. The van der Waals surface area contributed by atoms with Crippen molar-refractivity contribution in [2.45, 2.75) is 45.3 Å². The molecule has 1 aliphatic rings. The number of carbonyl (C=O) groups excluding carboxylic acids is 1. The summed E-state index contributed by atoms with van der Waals surface area (Å²) in [5.41, 5.74) is -0.462. The van der Waals surface area contributed by atoms with E-state index in [2.05, 4.69) is 4.98 Å². The fraction of sp³-hybridized carbons (Fsp3) is 0.600. The summed E-state index contributed by atoms with van der Waals surface area (Å²) in [5, 5.41) is 0. The summed E-state index contributed by atoms with van der Waals surface area (Å²) >= 11 is 0. The van der Waals surface area contributed by atoms with Crippen molar-refractivity contribution in [2.24, 2.45) is 0 Å². The van der Waals surface area contributed by atoms with Crippen LogP contribution in [0.3, 0.4) is 0 Å². The largest absolute Gasteiger partial charge is 0.491 e. The van der Waals surface area contributed by atoms with Gasteiger partial charge >= 0.3 is 6.09 Å². The van der Waals surface area contributed by atoms with Crippen LogP contribution in [0, 0.1) is 0 Å². The first-order valence-electron chi connectivity index (χ1n) is 6.98. The summed E-state index contributed by atoms with van der Waals surface area (Å²) in [6, 6.07) is 3.71. The van der Waals surface area contributed by atoms with Gasteiger partial charge in [0.2, 0.25) is 0 Å². The Kier molecular flexibility index (Phi) is 4.47. The van der Waals surface area contributed by atoms with Crippen molar-refractivity contribution in [3.05, 3.63) is 24.5 Å². The van der Waals surface area contributed by atoms with Crippen molar-refractivity contribution in [1.82, 2.24) is 9.88 Å². The quantitative estimate of drug-likeness (QED) is 0.853. The van der Waals surface area contributed by atoms with Gasteiger partial charge in [-0.25, -0.2) is 4.79 Å². The van der Waals surface area contributed by atoms with Crippen LogP contribution in [0.1, 0.15) is 33.6 Å². The summed E-state index contributed by atoms with van der Waals surface area (Å²) in [5.74, 6) is 0.774. The maximum absolute atomic E-state index is 12.1. The molecule has 1 fully saturated rings. The Hall–Kier alpha value is -1.78. The zero-order valence-electron chi connectivity index (χ0n) is 12.3. The van der Waals surface area contributed by atoms with Crippen LogP contribution in [0.4, 0.5) is 4.79 Å². The van der Waals surface area contributed by atoms with Gasteiger partial charge in [0, 0.05) is 18.9 Å². The second-order valence-corrected chi connectivity index (χ2v) is 5.96. The normalized spacial score (nSPS) is 18.9. The SMILES string of the molecule is CC(C)(C)OC(=O)N1CCCC1COc1ccncc1. The van der Waals surface area contributed by atoms with E-state index in [-0.39, 0.29) is 12.1 Å². The molecule has 1 aliphatic heterocycles. The summed E-state index contributed by atoms with van der Waals surface area (Å²) in [6.07, 6.45) is 5.07. The number of pyridine rings is 1. The Labute approximate surface area is 119 Å². The van der Waals surface area contributed by atoms with Crippen LogP contribution < -0.4 is 4.74 Å². The van der Waals surface area contributed by atoms with Crippen LogP contribution in [0.2, 0.25) is 0 Å². The molecular formula is C15H22N2O3. The van der Waals surface area contributed by atoms with Crippen LogP contribution in [-0.4, -0.2) is 40.8 Å². The number of carbonyl (C=O) groups is 1. The lowest BCUT2D eigenvalue weighted by Crippen LogP contribution is -2.42. The molecule has 1 unspecified atom stereocenters. The summed E-state index contributed by atoms with van der Waals surface area (Å²) < 4.78 is 11.1. The van der Waals surface area contributed by atoms with Crippen LogP contribution in [0.25, 0.3) is 0 Å². The van der Waals surface area contributed by atoms with Crippen molar-refractivity contribution in [3.63, 3.8) is 0 Å². The van der Waals surface area contributed by atoms with E-state index in [4.69, 9.17) is 9.47 Å². The molecule has 5 heteroatoms. The first-order valence-corrected chi connectivity index (χ1v) is 6.98. The summed E-state index contributed by atoms with van der Waals surface area (Å²) in [6.45, 7) is 6.86. The van der Waals surface area contributed by atoms with Gasteiger partial charge in [-0.1, -0.05) is 0 Å². The van der Waals surface area contributed by atoms with Crippen molar-refractivity contribution in [3.8, 4) is 5.75 Å². The predicted molar refractivity (Wildman–Crippen MR) is 75.7 cm³/mol. The maximum atomic E-state index is 12.1. The number of hydrogen-bond donors (Lipinski definition) is 0. The highest BCUT2D eigenvalue weighted by Crippen LogP contribution is 2.21. The highest BCUT2D eigenvalue weighted by Gasteiger charge is 2.32. The molecule has 0 spiro atoms. The molecule has 5 nitrogen and oxygen atoms in total. The Morgan fingerprint density at radius 1 is 1.40 bits per heavy atom. The van der Waals surface area contributed by atoms with E-state index in [1.54, 1.807) is 17.3 Å². The zero-order chi connectivity index (χ0) is 14.6. The number of aromatic nitrogens is 1. The third-order valence-electron chi connectivity index (χ3n) is 3.10. The lowest BCUT2D eigenvalue weighted by Gasteiger charge is -2.28. The number of amides is 1. The van der Waals surface area contributed by atoms with Crippen molar-refractivity contribution in [2.75, 3.05) is 13.2 Å². The average Bonchev–Trinajstić information content (AvgIpc) is 2.84. The van der Waals surface area contributed by atoms with E-state index in [0.29, 0.717) is 6.61 Å². The van der Waals surface area contributed by atoms with E-state index in [1.807, 2.05) is 32.9 Å². The molecule has 0 aliphatic carbocycles. The highest BCUT2D eigenvalue weighted by molar-refractivity contribution is 5.69. The fourth-order valence-corrected chi connectivity index (χ4v) is 2.20. The first-order chi connectivity index (χ1) is 9.46. The van der Waals surface area contributed by atoms with Gasteiger partial charge < -0.3 is 14.4 Å². The molecule has 1 amide bonds. The molecule has 2 rings (SSSR count). The molecule has 0 N–H and O–H groups in total. The number of nitrogens with zero attached hydrogens (tertiary/aromatic N) is 2. The topological polar surface area (TPSA) is 51.7 Å². The van der Waals surface area contributed by atoms with Crippen molar-refractivity contribution in [1.29, 1.82) is 0 Å². The molecule has 0 saturated carbocycles. The number of ether oxygens (including phenoxy) is 2. The monoisotopic (exact) mass is 278 g/mol. The van der Waals surface area contributed by atoms with Gasteiger partial charge in [0.15, 0.2) is 0 Å². The van der Waals surface area contributed by atoms with E-state index >= 15 is 0 Å². The minimum atomic E-state index is -0.462. The van der Waals surface area contributed by atoms with E-state index < -0.39 is 5.60 Å². The average molecular weight is 278 g/mol. The van der Waals surface area contributed by atoms with Gasteiger partial charge in [0.05, 0.1) is 6.04 Å². The van der Waals surface area contributed by atoms with Gasteiger partial charge in [-0.15, -0.1) is 0 Å². The molecule has 1 atom stereocenters. The Morgan fingerprint density at radius 2 is 2.10 bits per heavy atom. The van der Waals surface area contributed by atoms with Crippen LogP contribution in [0.5, 0.6) is 5.75 Å². The minimum absolute atomic E-state index is 0.0815. The predicted octanol–water partition coefficient (Wildman–Crippen LogP) is 2.86. The third kappa shape index (κ3) is 4.11. The zero-order valence-corrected chi connectivity index (χ0v) is 12.3. The van der Waals surface area contributed by atoms with E-state index in [0.717, 1.165) is 25.1 Å². The van der Waals surface area contributed by atoms with Crippen molar-refractivity contribution >= 4 is 6.09 Å². The number of hydrogen-bond acceptors (Lipinski definition) is 4. The molecule has 0 bridgehead atoms. The summed E-state index contributed by atoms with van der Waals surface area (Å²) in [7, 11) is 0. The molecule has 0 aromatic carbocycles. The fourth-order valence-electron chi connectivity index (χ4n) is 2.20. The molecule has 20 heavy (non-hydrogen) atoms. The Morgan fingerprint density at radius 3 is 2.75 bits per heavy atom. The molecule has 1 aromatic rings. The van der Waals surface area contributed by atoms with E-state index in [1.165, 1.54) is 0 Å². The molecular weight excluding hydrogens is 256 g/mol. The van der Waals surface area contributed by atoms with Gasteiger partial charge in [0.1, 0.15) is 18.0 Å². The number of rotatable bonds is 3. The molecule has 110 valence electrons. The number of likely N-dealkylation sites (tertiary alicyclic amines) is 1. The molecule has 1 saturated heterocycles. The van der Waals surface area contributed by atoms with E-state index in [9.17, 15) is 4.79 Å². The lowest BCUT2D eigenvalue weighted by atomic mass is 10.2. The molecule has 0 radical (unpaired) electrons. The van der Waals surface area contributed by atoms with Gasteiger partial charge in [-0.3, -0.25) is 4.98 Å². The Bertz CT molecular complexity index is 442. The Balaban J connectivity index is 1.89. The molecule has 2 heterocycles. The maximum Gasteiger partial charge on any atom is 0.410 e. The molecule has 1 aromatic heterocycles. The van der Waals surface area contributed by atoms with Crippen LogP contribution in [0.15, 0.2) is 24.5 Å². The highest BCUT2D eigenvalue weighted by atomic mass is 16.6.